The van der Waals surface area contributed by atoms with E-state index in [1.54, 1.807) is 13.1 Å². The number of piperidine rings is 1. The minimum atomic E-state index is -0.716. The van der Waals surface area contributed by atoms with Gasteiger partial charge in [0.2, 0.25) is 11.6 Å². The van der Waals surface area contributed by atoms with E-state index in [2.05, 4.69) is 4.98 Å². The van der Waals surface area contributed by atoms with Gasteiger partial charge in [0, 0.05) is 36.3 Å². The Kier molecular flexibility index (Phi) is 4.05. The van der Waals surface area contributed by atoms with Gasteiger partial charge in [-0.3, -0.25) is 9.59 Å². The molecule has 1 aromatic carbocycles. The van der Waals surface area contributed by atoms with Crippen LogP contribution in [0, 0.1) is 0 Å². The maximum Gasteiger partial charge on any atom is 0.217 e. The number of nitrogens with zero attached hydrogens (tertiary/aromatic N) is 3. The number of benzene rings is 1. The second kappa shape index (κ2) is 6.38. The average Bonchev–Trinajstić information content (AvgIpc) is 3.12. The van der Waals surface area contributed by atoms with Crippen LogP contribution in [-0.4, -0.2) is 44.7 Å². The Morgan fingerprint density at radius 3 is 2.81 bits per heavy atom. The van der Waals surface area contributed by atoms with Crippen molar-refractivity contribution in [1.82, 2.24) is 9.38 Å². The van der Waals surface area contributed by atoms with Crippen LogP contribution < -0.4 is 4.90 Å². The molecular weight excluding hydrogens is 330 g/mol. The fraction of sp³-hybridized carbons (Fsp3) is 0.250. The van der Waals surface area contributed by atoms with Crippen LogP contribution in [0.5, 0.6) is 0 Å². The van der Waals surface area contributed by atoms with Crippen LogP contribution in [0.1, 0.15) is 13.3 Å². The van der Waals surface area contributed by atoms with Crippen molar-refractivity contribution in [2.75, 3.05) is 11.4 Å². The molecule has 1 aliphatic rings. The predicted octanol–water partition coefficient (Wildman–Crippen LogP) is 2.10. The normalized spacial score (nSPS) is 19.2. The molecular formula is C20H19N3O3. The number of ketones is 2. The summed E-state index contributed by atoms with van der Waals surface area (Å²) >= 11 is 0. The van der Waals surface area contributed by atoms with E-state index in [-0.39, 0.29) is 13.0 Å². The number of hydrogen-bond acceptors (Lipinski definition) is 5. The van der Waals surface area contributed by atoms with Gasteiger partial charge in [0.05, 0.1) is 18.7 Å². The van der Waals surface area contributed by atoms with Gasteiger partial charge in [0.1, 0.15) is 5.65 Å². The zero-order chi connectivity index (χ0) is 18.3. The number of Topliss-reactive ketones (excluding diaryl/α,β-unsaturated/α-hetero) is 2. The lowest BCUT2D eigenvalue weighted by molar-refractivity contribution is -0.137. The minimum Gasteiger partial charge on any atom is -0.391 e. The fourth-order valence-corrected chi connectivity index (χ4v) is 3.51. The summed E-state index contributed by atoms with van der Waals surface area (Å²) in [5.74, 6) is -0.826. The third-order valence-corrected chi connectivity index (χ3v) is 4.88. The molecule has 0 amide bonds. The summed E-state index contributed by atoms with van der Waals surface area (Å²) in [5.41, 5.74) is 3.60. The largest absolute Gasteiger partial charge is 0.391 e. The summed E-state index contributed by atoms with van der Waals surface area (Å²) in [6, 6.07) is 11.3. The Labute approximate surface area is 150 Å². The first-order valence-corrected chi connectivity index (χ1v) is 8.57. The lowest BCUT2D eigenvalue weighted by atomic mass is 9.95. The monoisotopic (exact) mass is 349 g/mol. The smallest absolute Gasteiger partial charge is 0.217 e. The van der Waals surface area contributed by atoms with E-state index in [1.807, 2.05) is 58.1 Å². The van der Waals surface area contributed by atoms with Crippen LogP contribution in [0.15, 0.2) is 55.0 Å². The summed E-state index contributed by atoms with van der Waals surface area (Å²) in [7, 11) is 0. The number of aliphatic hydroxyl groups excluding tert-OH is 1. The highest BCUT2D eigenvalue weighted by Crippen LogP contribution is 2.30. The quantitative estimate of drug-likeness (QED) is 0.733. The zero-order valence-corrected chi connectivity index (χ0v) is 14.4. The van der Waals surface area contributed by atoms with Crippen LogP contribution in [-0.2, 0) is 9.59 Å². The predicted molar refractivity (Wildman–Crippen MR) is 98.1 cm³/mol. The van der Waals surface area contributed by atoms with Crippen molar-refractivity contribution in [2.24, 2.45) is 0 Å². The number of rotatable bonds is 3. The van der Waals surface area contributed by atoms with Crippen molar-refractivity contribution in [2.45, 2.75) is 25.5 Å². The lowest BCUT2D eigenvalue weighted by Crippen LogP contribution is -2.52. The molecule has 0 bridgehead atoms. The topological polar surface area (TPSA) is 74.9 Å². The number of pyridine rings is 1. The van der Waals surface area contributed by atoms with Crippen molar-refractivity contribution in [1.29, 1.82) is 0 Å². The molecule has 0 radical (unpaired) electrons. The van der Waals surface area contributed by atoms with E-state index < -0.39 is 23.7 Å². The molecule has 2 atom stereocenters. The first-order valence-electron chi connectivity index (χ1n) is 8.57. The number of anilines is 1. The van der Waals surface area contributed by atoms with E-state index in [0.717, 1.165) is 22.5 Å². The number of imidazole rings is 1. The number of hydrogen-bond donors (Lipinski definition) is 1. The van der Waals surface area contributed by atoms with Crippen molar-refractivity contribution >= 4 is 22.9 Å². The maximum atomic E-state index is 12.0. The number of aromatic nitrogens is 2. The second-order valence-electron chi connectivity index (χ2n) is 6.62. The first kappa shape index (κ1) is 16.5. The van der Waals surface area contributed by atoms with Crippen LogP contribution in [0.4, 0.5) is 5.69 Å². The molecule has 1 aliphatic heterocycles. The number of aliphatic hydroxyl groups is 1. The first-order chi connectivity index (χ1) is 12.5. The minimum absolute atomic E-state index is 0.00850. The van der Waals surface area contributed by atoms with E-state index in [0.29, 0.717) is 0 Å². The molecule has 26 heavy (non-hydrogen) atoms. The maximum absolute atomic E-state index is 12.0. The highest BCUT2D eigenvalue weighted by atomic mass is 16.3. The molecule has 1 fully saturated rings. The highest BCUT2D eigenvalue weighted by molar-refractivity contribution is 6.39. The molecule has 2 unspecified atom stereocenters. The Morgan fingerprint density at radius 2 is 2.00 bits per heavy atom. The molecule has 0 aliphatic carbocycles. The summed E-state index contributed by atoms with van der Waals surface area (Å²) in [4.78, 5) is 30.0. The van der Waals surface area contributed by atoms with Crippen LogP contribution >= 0.6 is 0 Å². The molecule has 132 valence electrons. The summed E-state index contributed by atoms with van der Waals surface area (Å²) in [5, 5.41) is 10.1. The lowest BCUT2D eigenvalue weighted by Gasteiger charge is -2.37. The Bertz CT molecular complexity index is 993. The van der Waals surface area contributed by atoms with Gasteiger partial charge in [0.25, 0.3) is 0 Å². The van der Waals surface area contributed by atoms with Gasteiger partial charge < -0.3 is 14.4 Å². The van der Waals surface area contributed by atoms with E-state index in [4.69, 9.17) is 0 Å². The summed E-state index contributed by atoms with van der Waals surface area (Å²) in [6.45, 7) is 1.64. The fourth-order valence-electron chi connectivity index (χ4n) is 3.51. The van der Waals surface area contributed by atoms with Crippen molar-refractivity contribution in [3.63, 3.8) is 0 Å². The molecule has 1 saturated heterocycles. The second-order valence-corrected chi connectivity index (χ2v) is 6.62. The third kappa shape index (κ3) is 2.78. The number of carbonyl (C=O) groups excluding carboxylic acids is 2. The zero-order valence-electron chi connectivity index (χ0n) is 14.4. The molecule has 6 nitrogen and oxygen atoms in total. The van der Waals surface area contributed by atoms with Crippen LogP contribution in [0.3, 0.4) is 0 Å². The SMILES string of the molecule is CC(O)C1CC(=O)C(=O)CN1c1cccc(-c2cccn3ccnc23)c1. The van der Waals surface area contributed by atoms with Crippen molar-refractivity contribution in [3.8, 4) is 11.1 Å². The molecule has 1 N–H and O–H groups in total. The van der Waals surface area contributed by atoms with Gasteiger partial charge in [-0.25, -0.2) is 4.98 Å². The molecule has 4 rings (SSSR count). The Hall–Kier alpha value is -2.99. The van der Waals surface area contributed by atoms with Crippen molar-refractivity contribution < 1.29 is 14.7 Å². The molecule has 0 spiro atoms. The number of carbonyl (C=O) groups is 2. The highest BCUT2D eigenvalue weighted by Gasteiger charge is 2.35. The molecule has 2 aromatic heterocycles. The average molecular weight is 349 g/mol. The van der Waals surface area contributed by atoms with Crippen LogP contribution in [0.2, 0.25) is 0 Å². The van der Waals surface area contributed by atoms with Gasteiger partial charge >= 0.3 is 0 Å². The molecule has 3 heterocycles. The van der Waals surface area contributed by atoms with Crippen molar-refractivity contribution in [3.05, 3.63) is 55.0 Å². The molecule has 6 heteroatoms. The number of fused-ring (bicyclic) bond motifs is 1. The molecule has 0 saturated carbocycles. The Balaban J connectivity index is 1.76. The van der Waals surface area contributed by atoms with E-state index >= 15 is 0 Å². The molecule has 3 aromatic rings. The summed E-state index contributed by atoms with van der Waals surface area (Å²) in [6.07, 6.45) is 4.90. The standard InChI is InChI=1S/C20H19N3O3/c1-13(24)17-11-18(25)19(26)12-23(17)15-5-2-4-14(10-15)16-6-3-8-22-9-7-21-20(16)22/h2-10,13,17,24H,11-12H2,1H3. The third-order valence-electron chi connectivity index (χ3n) is 4.88. The summed E-state index contributed by atoms with van der Waals surface area (Å²) < 4.78 is 1.95. The van der Waals surface area contributed by atoms with E-state index in [9.17, 15) is 14.7 Å². The van der Waals surface area contributed by atoms with Gasteiger partial charge in [0.15, 0.2) is 0 Å². The van der Waals surface area contributed by atoms with Gasteiger partial charge in [-0.05, 0) is 36.8 Å². The van der Waals surface area contributed by atoms with Gasteiger partial charge in [-0.15, -0.1) is 0 Å². The van der Waals surface area contributed by atoms with Crippen LogP contribution in [0.25, 0.3) is 16.8 Å². The van der Waals surface area contributed by atoms with Gasteiger partial charge in [-0.2, -0.15) is 0 Å². The van der Waals surface area contributed by atoms with E-state index in [1.165, 1.54) is 0 Å². The van der Waals surface area contributed by atoms with Gasteiger partial charge in [-0.1, -0.05) is 12.1 Å². The Morgan fingerprint density at radius 1 is 1.15 bits per heavy atom.